The number of benzene rings is 1. The van der Waals surface area contributed by atoms with E-state index in [0.717, 1.165) is 17.0 Å². The Balaban J connectivity index is 2.41. The zero-order chi connectivity index (χ0) is 14.5. The molecule has 2 aromatic rings. The molecule has 1 aromatic carbocycles. The molecule has 2 nitrogen and oxygen atoms in total. The van der Waals surface area contributed by atoms with Gasteiger partial charge in [-0.2, -0.15) is 0 Å². The molecule has 0 spiro atoms. The molecule has 106 valence electrons. The van der Waals surface area contributed by atoms with Crippen LogP contribution >= 0.6 is 15.9 Å². The zero-order valence-electron chi connectivity index (χ0n) is 11.0. The van der Waals surface area contributed by atoms with Crippen molar-refractivity contribution >= 4 is 15.9 Å². The maximum atomic E-state index is 14.0. The van der Waals surface area contributed by atoms with Gasteiger partial charge in [0, 0.05) is 16.2 Å². The van der Waals surface area contributed by atoms with Gasteiger partial charge in [0.15, 0.2) is 11.6 Å². The van der Waals surface area contributed by atoms with E-state index in [-0.39, 0.29) is 5.56 Å². The number of rotatable bonds is 5. The Kier molecular flexibility index (Phi) is 5.20. The number of hydrogen-bond donors (Lipinski definition) is 1. The van der Waals surface area contributed by atoms with Crippen molar-refractivity contribution in [1.29, 1.82) is 0 Å². The van der Waals surface area contributed by atoms with Crippen LogP contribution in [0.15, 0.2) is 41.0 Å². The Morgan fingerprint density at radius 1 is 1.25 bits per heavy atom. The van der Waals surface area contributed by atoms with Crippen LogP contribution < -0.4 is 5.32 Å². The Morgan fingerprint density at radius 2 is 2.05 bits per heavy atom. The van der Waals surface area contributed by atoms with E-state index < -0.39 is 17.7 Å². The zero-order valence-corrected chi connectivity index (χ0v) is 12.6. The highest BCUT2D eigenvalue weighted by atomic mass is 79.9. The largest absolute Gasteiger partial charge is 0.305 e. The van der Waals surface area contributed by atoms with Crippen molar-refractivity contribution in [2.24, 2.45) is 0 Å². The average Bonchev–Trinajstić information content (AvgIpc) is 2.45. The first-order chi connectivity index (χ1) is 9.63. The van der Waals surface area contributed by atoms with Crippen molar-refractivity contribution in [1.82, 2.24) is 10.3 Å². The molecule has 20 heavy (non-hydrogen) atoms. The first kappa shape index (κ1) is 15.1. The predicted molar refractivity (Wildman–Crippen MR) is 78.4 cm³/mol. The predicted octanol–water partition coefficient (Wildman–Crippen LogP) is 4.21. The van der Waals surface area contributed by atoms with Crippen LogP contribution in [0.2, 0.25) is 0 Å². The van der Waals surface area contributed by atoms with E-state index in [4.69, 9.17) is 0 Å². The van der Waals surface area contributed by atoms with Crippen molar-refractivity contribution in [2.45, 2.75) is 19.4 Å². The van der Waals surface area contributed by atoms with Gasteiger partial charge in [0.1, 0.15) is 0 Å². The quantitative estimate of drug-likeness (QED) is 0.881. The third-order valence-corrected chi connectivity index (χ3v) is 3.41. The van der Waals surface area contributed by atoms with Crippen molar-refractivity contribution in [3.63, 3.8) is 0 Å². The van der Waals surface area contributed by atoms with Gasteiger partial charge in [0.2, 0.25) is 0 Å². The highest BCUT2D eigenvalue weighted by molar-refractivity contribution is 9.10. The molecule has 0 amide bonds. The highest BCUT2D eigenvalue weighted by Crippen LogP contribution is 2.25. The van der Waals surface area contributed by atoms with Crippen LogP contribution in [0.25, 0.3) is 0 Å². The summed E-state index contributed by atoms with van der Waals surface area (Å²) in [7, 11) is 0. The van der Waals surface area contributed by atoms with Gasteiger partial charge < -0.3 is 5.32 Å². The summed E-state index contributed by atoms with van der Waals surface area (Å²) >= 11 is 3.31. The third kappa shape index (κ3) is 3.41. The molecule has 1 atom stereocenters. The second-order valence-electron chi connectivity index (χ2n) is 4.43. The number of pyridine rings is 1. The van der Waals surface area contributed by atoms with Gasteiger partial charge in [0.25, 0.3) is 0 Å². The normalized spacial score (nSPS) is 12.4. The van der Waals surface area contributed by atoms with Crippen LogP contribution in [-0.4, -0.2) is 11.5 Å². The molecule has 1 N–H and O–H groups in total. The molecule has 0 fully saturated rings. The van der Waals surface area contributed by atoms with E-state index in [1.165, 1.54) is 6.07 Å². The lowest BCUT2D eigenvalue weighted by molar-refractivity contribution is 0.478. The minimum atomic E-state index is -0.845. The van der Waals surface area contributed by atoms with Crippen LogP contribution in [0, 0.1) is 11.6 Å². The number of hydrogen-bond acceptors (Lipinski definition) is 2. The van der Waals surface area contributed by atoms with E-state index in [2.05, 4.69) is 26.2 Å². The molecule has 0 aliphatic rings. The summed E-state index contributed by atoms with van der Waals surface area (Å²) in [6.07, 6.45) is 2.54. The Hall–Kier alpha value is -1.33. The lowest BCUT2D eigenvalue weighted by Crippen LogP contribution is -2.25. The topological polar surface area (TPSA) is 24.9 Å². The molecule has 0 saturated heterocycles. The summed E-state index contributed by atoms with van der Waals surface area (Å²) < 4.78 is 28.2. The van der Waals surface area contributed by atoms with Crippen molar-refractivity contribution in [3.05, 3.63) is 63.9 Å². The standard InChI is InChI=1S/C15H15BrF2N2/c1-2-8-19-15(13-7-6-10(16)9-20-13)11-4-3-5-12(17)14(11)18/h3-7,9,15,19H,2,8H2,1H3. The van der Waals surface area contributed by atoms with Crippen molar-refractivity contribution < 1.29 is 8.78 Å². The van der Waals surface area contributed by atoms with Crippen LogP contribution in [0.3, 0.4) is 0 Å². The van der Waals surface area contributed by atoms with Gasteiger partial charge in [-0.1, -0.05) is 19.1 Å². The van der Waals surface area contributed by atoms with Crippen LogP contribution in [0.5, 0.6) is 0 Å². The average molecular weight is 341 g/mol. The Bertz CT molecular complexity index is 573. The fourth-order valence-electron chi connectivity index (χ4n) is 1.96. The smallest absolute Gasteiger partial charge is 0.163 e. The van der Waals surface area contributed by atoms with Gasteiger partial charge in [-0.3, -0.25) is 4.98 Å². The van der Waals surface area contributed by atoms with Gasteiger partial charge in [-0.05, 0) is 47.1 Å². The number of nitrogens with one attached hydrogen (secondary N) is 1. The minimum Gasteiger partial charge on any atom is -0.305 e. The molecule has 0 bridgehead atoms. The molecule has 5 heteroatoms. The van der Waals surface area contributed by atoms with E-state index in [0.29, 0.717) is 12.2 Å². The first-order valence-electron chi connectivity index (χ1n) is 6.42. The lowest BCUT2D eigenvalue weighted by Gasteiger charge is -2.19. The SMILES string of the molecule is CCCNC(c1ccc(Br)cn1)c1cccc(F)c1F. The second-order valence-corrected chi connectivity index (χ2v) is 5.35. The summed E-state index contributed by atoms with van der Waals surface area (Å²) in [5.74, 6) is -1.67. The number of aromatic nitrogens is 1. The maximum Gasteiger partial charge on any atom is 0.163 e. The van der Waals surface area contributed by atoms with Crippen molar-refractivity contribution in [2.75, 3.05) is 6.54 Å². The molecule has 0 aliphatic carbocycles. The molecule has 2 rings (SSSR count). The van der Waals surface area contributed by atoms with Crippen molar-refractivity contribution in [3.8, 4) is 0 Å². The van der Waals surface area contributed by atoms with Crippen LogP contribution in [0.1, 0.15) is 30.6 Å². The molecule has 0 saturated carbocycles. The summed E-state index contributed by atoms with van der Waals surface area (Å²) in [5.41, 5.74) is 0.930. The van der Waals surface area contributed by atoms with Gasteiger partial charge in [-0.15, -0.1) is 0 Å². The number of halogens is 3. The summed E-state index contributed by atoms with van der Waals surface area (Å²) in [6.45, 7) is 2.71. The summed E-state index contributed by atoms with van der Waals surface area (Å²) in [6, 6.07) is 7.37. The second kappa shape index (κ2) is 6.90. The maximum absolute atomic E-state index is 14.0. The fraction of sp³-hybridized carbons (Fsp3) is 0.267. The molecule has 1 heterocycles. The lowest BCUT2D eigenvalue weighted by atomic mass is 10.0. The molecule has 0 radical (unpaired) electrons. The molecule has 0 aliphatic heterocycles. The van der Waals surface area contributed by atoms with Crippen LogP contribution in [-0.2, 0) is 0 Å². The fourth-order valence-corrected chi connectivity index (χ4v) is 2.20. The van der Waals surface area contributed by atoms with Crippen LogP contribution in [0.4, 0.5) is 8.78 Å². The number of nitrogens with zero attached hydrogens (tertiary/aromatic N) is 1. The Morgan fingerprint density at radius 3 is 2.70 bits per heavy atom. The van der Waals surface area contributed by atoms with E-state index >= 15 is 0 Å². The van der Waals surface area contributed by atoms with E-state index in [1.807, 2.05) is 13.0 Å². The summed E-state index contributed by atoms with van der Waals surface area (Å²) in [5, 5.41) is 3.21. The van der Waals surface area contributed by atoms with Gasteiger partial charge >= 0.3 is 0 Å². The monoisotopic (exact) mass is 340 g/mol. The van der Waals surface area contributed by atoms with E-state index in [1.54, 1.807) is 18.3 Å². The molecular weight excluding hydrogens is 326 g/mol. The first-order valence-corrected chi connectivity index (χ1v) is 7.21. The van der Waals surface area contributed by atoms with E-state index in [9.17, 15) is 8.78 Å². The Labute approximate surface area is 125 Å². The molecule has 1 aromatic heterocycles. The highest BCUT2D eigenvalue weighted by Gasteiger charge is 2.20. The molecule has 1 unspecified atom stereocenters. The summed E-state index contributed by atoms with van der Waals surface area (Å²) in [4.78, 5) is 4.28. The van der Waals surface area contributed by atoms with Gasteiger partial charge in [-0.25, -0.2) is 8.78 Å². The van der Waals surface area contributed by atoms with Gasteiger partial charge in [0.05, 0.1) is 11.7 Å². The third-order valence-electron chi connectivity index (χ3n) is 2.94. The minimum absolute atomic E-state index is 0.272. The molecular formula is C15H15BrF2N2.